The molecule has 0 aliphatic heterocycles. The lowest BCUT2D eigenvalue weighted by Crippen LogP contribution is -2.08. The standard InChI is InChI=1S/C16H11Cl2NO3S2/c17-10-2-1-9(12(18)5-10)7-23-14-4-3-11-13(22-6-15(20)21)8-24-16(11)19-14/h1-5,8H,6-7H2,(H,20,21). The molecule has 0 fully saturated rings. The largest absolute Gasteiger partial charge is 0.480 e. The molecular weight excluding hydrogens is 389 g/mol. The van der Waals surface area contributed by atoms with E-state index in [0.29, 0.717) is 21.5 Å². The Morgan fingerprint density at radius 2 is 2.12 bits per heavy atom. The van der Waals surface area contributed by atoms with E-state index in [9.17, 15) is 4.79 Å². The molecule has 0 saturated carbocycles. The fourth-order valence-corrected chi connectivity index (χ4v) is 4.34. The van der Waals surface area contributed by atoms with Crippen molar-refractivity contribution < 1.29 is 14.6 Å². The van der Waals surface area contributed by atoms with Gasteiger partial charge >= 0.3 is 5.97 Å². The maximum Gasteiger partial charge on any atom is 0.341 e. The molecule has 4 nitrogen and oxygen atoms in total. The van der Waals surface area contributed by atoms with Crippen LogP contribution >= 0.6 is 46.3 Å². The molecule has 0 amide bonds. The van der Waals surface area contributed by atoms with Gasteiger partial charge in [-0.2, -0.15) is 0 Å². The first-order valence-corrected chi connectivity index (χ1v) is 9.44. The minimum atomic E-state index is -1.01. The summed E-state index contributed by atoms with van der Waals surface area (Å²) in [4.78, 5) is 16.0. The first-order valence-electron chi connectivity index (χ1n) is 6.82. The molecule has 3 rings (SSSR count). The second kappa shape index (κ2) is 7.61. The number of hydrogen-bond donors (Lipinski definition) is 1. The maximum absolute atomic E-state index is 10.6. The molecule has 1 aromatic carbocycles. The lowest BCUT2D eigenvalue weighted by molar-refractivity contribution is -0.139. The number of carbonyl (C=O) groups is 1. The number of aromatic nitrogens is 1. The zero-order valence-corrected chi connectivity index (χ0v) is 15.3. The Bertz CT molecular complexity index is 898. The predicted molar refractivity (Wildman–Crippen MR) is 98.8 cm³/mol. The number of aliphatic carboxylic acids is 1. The van der Waals surface area contributed by atoms with Crippen LogP contribution in [0.5, 0.6) is 5.75 Å². The molecule has 1 N–H and O–H groups in total. The molecule has 24 heavy (non-hydrogen) atoms. The van der Waals surface area contributed by atoms with Crippen LogP contribution < -0.4 is 4.74 Å². The van der Waals surface area contributed by atoms with Gasteiger partial charge in [0.05, 0.1) is 10.4 Å². The maximum atomic E-state index is 10.6. The van der Waals surface area contributed by atoms with Gasteiger partial charge in [-0.05, 0) is 29.8 Å². The van der Waals surface area contributed by atoms with E-state index in [1.165, 1.54) is 11.3 Å². The van der Waals surface area contributed by atoms with Gasteiger partial charge in [0.15, 0.2) is 6.61 Å². The molecule has 0 aliphatic rings. The first-order chi connectivity index (χ1) is 11.5. The van der Waals surface area contributed by atoms with Crippen LogP contribution in [-0.4, -0.2) is 22.7 Å². The van der Waals surface area contributed by atoms with E-state index in [4.69, 9.17) is 33.0 Å². The summed E-state index contributed by atoms with van der Waals surface area (Å²) >= 11 is 15.1. The lowest BCUT2D eigenvalue weighted by atomic mass is 10.2. The Kier molecular flexibility index (Phi) is 5.50. The highest BCUT2D eigenvalue weighted by Crippen LogP contribution is 2.34. The van der Waals surface area contributed by atoms with E-state index >= 15 is 0 Å². The smallest absolute Gasteiger partial charge is 0.341 e. The van der Waals surface area contributed by atoms with Gasteiger partial charge in [-0.15, -0.1) is 23.1 Å². The van der Waals surface area contributed by atoms with Crippen molar-refractivity contribution in [2.24, 2.45) is 0 Å². The van der Waals surface area contributed by atoms with Crippen LogP contribution in [0.4, 0.5) is 0 Å². The van der Waals surface area contributed by atoms with Crippen LogP contribution in [0.3, 0.4) is 0 Å². The van der Waals surface area contributed by atoms with Gasteiger partial charge in [0, 0.05) is 21.2 Å². The Balaban J connectivity index is 1.73. The minimum Gasteiger partial charge on any atom is -0.480 e. The van der Waals surface area contributed by atoms with Crippen molar-refractivity contribution in [3.63, 3.8) is 0 Å². The van der Waals surface area contributed by atoms with Crippen LogP contribution in [0, 0.1) is 0 Å². The Hall–Kier alpha value is -1.47. The summed E-state index contributed by atoms with van der Waals surface area (Å²) in [5.74, 6) is 0.221. The average Bonchev–Trinajstić information content (AvgIpc) is 2.94. The number of rotatable bonds is 6. The number of thioether (sulfide) groups is 1. The highest BCUT2D eigenvalue weighted by molar-refractivity contribution is 7.98. The van der Waals surface area contributed by atoms with Crippen molar-refractivity contribution in [1.82, 2.24) is 4.98 Å². The molecule has 0 saturated heterocycles. The summed E-state index contributed by atoms with van der Waals surface area (Å²) in [5, 5.41) is 13.4. The number of carboxylic acid groups (broad SMARTS) is 1. The third-order valence-corrected chi connectivity index (χ3v) is 5.55. The Morgan fingerprint density at radius 3 is 2.88 bits per heavy atom. The molecule has 2 heterocycles. The topological polar surface area (TPSA) is 59.4 Å². The summed E-state index contributed by atoms with van der Waals surface area (Å²) in [6, 6.07) is 9.21. The molecule has 0 bridgehead atoms. The summed E-state index contributed by atoms with van der Waals surface area (Å²) < 4.78 is 5.25. The van der Waals surface area contributed by atoms with Crippen LogP contribution in [0.2, 0.25) is 10.0 Å². The van der Waals surface area contributed by atoms with Crippen molar-refractivity contribution in [2.75, 3.05) is 6.61 Å². The number of thiophene rings is 1. The predicted octanol–water partition coefficient (Wildman–Crippen LogP) is 5.36. The normalized spacial score (nSPS) is 10.9. The van der Waals surface area contributed by atoms with Gasteiger partial charge in [-0.3, -0.25) is 0 Å². The highest BCUT2D eigenvalue weighted by Gasteiger charge is 2.10. The van der Waals surface area contributed by atoms with Crippen LogP contribution in [0.25, 0.3) is 10.2 Å². The van der Waals surface area contributed by atoms with Crippen molar-refractivity contribution >= 4 is 62.5 Å². The molecule has 0 unspecified atom stereocenters. The number of carboxylic acids is 1. The fourth-order valence-electron chi connectivity index (χ4n) is 2.00. The van der Waals surface area contributed by atoms with Crippen molar-refractivity contribution in [3.8, 4) is 5.75 Å². The van der Waals surface area contributed by atoms with Gasteiger partial charge in [-0.25, -0.2) is 9.78 Å². The van der Waals surface area contributed by atoms with E-state index in [-0.39, 0.29) is 6.61 Å². The molecule has 0 radical (unpaired) electrons. The number of ether oxygens (including phenoxy) is 1. The quantitative estimate of drug-likeness (QED) is 0.565. The van der Waals surface area contributed by atoms with E-state index in [1.807, 2.05) is 24.3 Å². The highest BCUT2D eigenvalue weighted by atomic mass is 35.5. The summed E-state index contributed by atoms with van der Waals surface area (Å²) in [5.41, 5.74) is 0.990. The lowest BCUT2D eigenvalue weighted by Gasteiger charge is -2.05. The zero-order valence-electron chi connectivity index (χ0n) is 12.2. The monoisotopic (exact) mass is 399 g/mol. The number of pyridine rings is 1. The molecular formula is C16H11Cl2NO3S2. The molecule has 0 aliphatic carbocycles. The third-order valence-electron chi connectivity index (χ3n) is 3.12. The minimum absolute atomic E-state index is 0.364. The summed E-state index contributed by atoms with van der Waals surface area (Å²) in [6.07, 6.45) is 0. The van der Waals surface area contributed by atoms with Crippen molar-refractivity contribution in [3.05, 3.63) is 51.3 Å². The second-order valence-electron chi connectivity index (χ2n) is 4.81. The molecule has 0 atom stereocenters. The third kappa shape index (κ3) is 4.13. The van der Waals surface area contributed by atoms with Crippen molar-refractivity contribution in [1.29, 1.82) is 0 Å². The Morgan fingerprint density at radius 1 is 1.29 bits per heavy atom. The summed E-state index contributed by atoms with van der Waals surface area (Å²) in [7, 11) is 0. The van der Waals surface area contributed by atoms with Crippen LogP contribution in [0.15, 0.2) is 40.7 Å². The van der Waals surface area contributed by atoms with Crippen molar-refractivity contribution in [2.45, 2.75) is 10.8 Å². The Labute approximate surface area is 156 Å². The number of halogens is 2. The summed E-state index contributed by atoms with van der Waals surface area (Å²) in [6.45, 7) is -0.364. The van der Waals surface area contributed by atoms with Gasteiger partial charge in [-0.1, -0.05) is 29.3 Å². The zero-order chi connectivity index (χ0) is 17.1. The average molecular weight is 400 g/mol. The second-order valence-corrected chi connectivity index (χ2v) is 7.51. The molecule has 124 valence electrons. The number of benzene rings is 1. The van der Waals surface area contributed by atoms with E-state index in [1.54, 1.807) is 23.2 Å². The van der Waals surface area contributed by atoms with Gasteiger partial charge < -0.3 is 9.84 Å². The SMILES string of the molecule is O=C(O)COc1csc2nc(SCc3ccc(Cl)cc3Cl)ccc12. The number of nitrogens with zero attached hydrogens (tertiary/aromatic N) is 1. The van der Waals surface area contributed by atoms with E-state index in [2.05, 4.69) is 4.98 Å². The fraction of sp³-hybridized carbons (Fsp3) is 0.125. The van der Waals surface area contributed by atoms with Gasteiger partial charge in [0.1, 0.15) is 10.6 Å². The molecule has 8 heteroatoms. The van der Waals surface area contributed by atoms with Crippen LogP contribution in [0.1, 0.15) is 5.56 Å². The number of fused-ring (bicyclic) bond motifs is 1. The molecule has 0 spiro atoms. The van der Waals surface area contributed by atoms with Gasteiger partial charge in [0.2, 0.25) is 0 Å². The first kappa shape index (κ1) is 17.4. The molecule has 3 aromatic rings. The molecule has 2 aromatic heterocycles. The number of hydrogen-bond acceptors (Lipinski definition) is 5. The van der Waals surface area contributed by atoms with E-state index < -0.39 is 5.97 Å². The van der Waals surface area contributed by atoms with Gasteiger partial charge in [0.25, 0.3) is 0 Å². The van der Waals surface area contributed by atoms with E-state index in [0.717, 1.165) is 20.8 Å². The van der Waals surface area contributed by atoms with Crippen LogP contribution in [-0.2, 0) is 10.5 Å².